The van der Waals surface area contributed by atoms with Crippen LogP contribution in [0.4, 0.5) is 5.69 Å². The van der Waals surface area contributed by atoms with Crippen LogP contribution in [0.25, 0.3) is 0 Å². The number of benzene rings is 1. The lowest BCUT2D eigenvalue weighted by molar-refractivity contribution is -0.137. The zero-order chi connectivity index (χ0) is 13.8. The van der Waals surface area contributed by atoms with E-state index in [1.165, 1.54) is 5.56 Å². The van der Waals surface area contributed by atoms with Gasteiger partial charge in [-0.1, -0.05) is 18.2 Å². The van der Waals surface area contributed by atoms with Gasteiger partial charge in [0.15, 0.2) is 0 Å². The summed E-state index contributed by atoms with van der Waals surface area (Å²) in [7, 11) is 0. The van der Waals surface area contributed by atoms with E-state index in [-0.39, 0.29) is 24.5 Å². The maximum absolute atomic E-state index is 12.5. The highest BCUT2D eigenvalue weighted by molar-refractivity contribution is 5.81. The van der Waals surface area contributed by atoms with Crippen molar-refractivity contribution in [2.45, 2.75) is 26.3 Å². The van der Waals surface area contributed by atoms with E-state index in [1.807, 2.05) is 32.0 Å². The van der Waals surface area contributed by atoms with Crippen LogP contribution in [0, 0.1) is 5.92 Å². The normalized spacial score (nSPS) is 17.8. The van der Waals surface area contributed by atoms with Crippen LogP contribution in [0.15, 0.2) is 24.3 Å². The van der Waals surface area contributed by atoms with Gasteiger partial charge in [-0.05, 0) is 31.9 Å². The molecule has 1 aromatic carbocycles. The summed E-state index contributed by atoms with van der Waals surface area (Å²) in [6, 6.07) is 8.23. The molecule has 0 saturated carbocycles. The number of aliphatic hydroxyl groups excluding tert-OH is 1. The monoisotopic (exact) mass is 262 g/mol. The molecule has 0 saturated heterocycles. The molecule has 104 valence electrons. The number of hydrogen-bond donors (Lipinski definition) is 2. The van der Waals surface area contributed by atoms with Crippen molar-refractivity contribution in [1.29, 1.82) is 0 Å². The van der Waals surface area contributed by atoms with Gasteiger partial charge in [-0.2, -0.15) is 0 Å². The van der Waals surface area contributed by atoms with E-state index in [9.17, 15) is 4.79 Å². The topological polar surface area (TPSA) is 52.6 Å². The summed E-state index contributed by atoms with van der Waals surface area (Å²) in [5.74, 6) is 0.0925. The third-order valence-electron chi connectivity index (χ3n) is 3.62. The van der Waals surface area contributed by atoms with Crippen LogP contribution < -0.4 is 5.32 Å². The van der Waals surface area contributed by atoms with E-state index in [1.54, 1.807) is 4.90 Å². The molecule has 0 aliphatic carbocycles. The summed E-state index contributed by atoms with van der Waals surface area (Å²) in [6.07, 6.45) is 0.774. The van der Waals surface area contributed by atoms with Crippen molar-refractivity contribution < 1.29 is 9.90 Å². The first-order chi connectivity index (χ1) is 9.13. The molecule has 1 atom stereocenters. The second-order valence-corrected chi connectivity index (χ2v) is 5.29. The number of aliphatic hydroxyl groups is 1. The number of nitrogens with one attached hydrogen (secondary N) is 1. The molecule has 2 rings (SSSR count). The Morgan fingerprint density at radius 3 is 2.89 bits per heavy atom. The van der Waals surface area contributed by atoms with Crippen molar-refractivity contribution in [3.8, 4) is 0 Å². The van der Waals surface area contributed by atoms with E-state index in [4.69, 9.17) is 5.11 Å². The smallest absolute Gasteiger partial charge is 0.228 e. The first kappa shape index (κ1) is 13.9. The molecule has 0 aromatic heterocycles. The quantitative estimate of drug-likeness (QED) is 0.864. The Hall–Kier alpha value is -1.55. The van der Waals surface area contributed by atoms with Gasteiger partial charge < -0.3 is 15.3 Å². The molecule has 2 N–H and O–H groups in total. The second kappa shape index (κ2) is 6.06. The molecule has 0 spiro atoms. The number of anilines is 1. The SMILES string of the molecule is CC(C)N(CCO)C(=O)C1CNc2ccccc2C1. The summed E-state index contributed by atoms with van der Waals surface area (Å²) in [5, 5.41) is 12.4. The maximum Gasteiger partial charge on any atom is 0.228 e. The van der Waals surface area contributed by atoms with Gasteiger partial charge in [0.05, 0.1) is 12.5 Å². The lowest BCUT2D eigenvalue weighted by Gasteiger charge is -2.33. The number of para-hydroxylation sites is 1. The van der Waals surface area contributed by atoms with Gasteiger partial charge in [-0.3, -0.25) is 4.79 Å². The number of fused-ring (bicyclic) bond motifs is 1. The van der Waals surface area contributed by atoms with Crippen molar-refractivity contribution in [3.63, 3.8) is 0 Å². The average molecular weight is 262 g/mol. The van der Waals surface area contributed by atoms with Crippen LogP contribution in [-0.4, -0.2) is 41.7 Å². The van der Waals surface area contributed by atoms with Crippen LogP contribution in [0.1, 0.15) is 19.4 Å². The number of carbonyl (C=O) groups excluding carboxylic acids is 1. The van der Waals surface area contributed by atoms with E-state index in [0.717, 1.165) is 12.1 Å². The Kier molecular flexibility index (Phi) is 4.43. The van der Waals surface area contributed by atoms with Crippen molar-refractivity contribution in [1.82, 2.24) is 4.90 Å². The number of carbonyl (C=O) groups is 1. The number of amides is 1. The molecule has 19 heavy (non-hydrogen) atoms. The fourth-order valence-electron chi connectivity index (χ4n) is 2.58. The van der Waals surface area contributed by atoms with Crippen LogP contribution in [0.2, 0.25) is 0 Å². The van der Waals surface area contributed by atoms with Crippen molar-refractivity contribution in [2.75, 3.05) is 25.0 Å². The number of hydrogen-bond acceptors (Lipinski definition) is 3. The summed E-state index contributed by atoms with van der Waals surface area (Å²) in [5.41, 5.74) is 2.32. The zero-order valence-electron chi connectivity index (χ0n) is 11.6. The molecule has 1 amide bonds. The Balaban J connectivity index is 2.09. The number of rotatable bonds is 4. The fraction of sp³-hybridized carbons (Fsp3) is 0.533. The third kappa shape index (κ3) is 3.07. The Morgan fingerprint density at radius 2 is 2.21 bits per heavy atom. The van der Waals surface area contributed by atoms with Gasteiger partial charge in [0, 0.05) is 24.8 Å². The first-order valence-corrected chi connectivity index (χ1v) is 6.86. The number of nitrogens with zero attached hydrogens (tertiary/aromatic N) is 1. The summed E-state index contributed by atoms with van der Waals surface area (Å²) in [6.45, 7) is 5.06. The van der Waals surface area contributed by atoms with E-state index in [2.05, 4.69) is 11.4 Å². The molecule has 1 heterocycles. The highest BCUT2D eigenvalue weighted by Crippen LogP contribution is 2.25. The van der Waals surface area contributed by atoms with Crippen molar-refractivity contribution >= 4 is 11.6 Å². The summed E-state index contributed by atoms with van der Waals surface area (Å²) >= 11 is 0. The van der Waals surface area contributed by atoms with Gasteiger partial charge in [0.2, 0.25) is 5.91 Å². The van der Waals surface area contributed by atoms with Crippen LogP contribution in [0.3, 0.4) is 0 Å². The predicted octanol–water partition coefficient (Wildman–Crippen LogP) is 1.50. The standard InChI is InChI=1S/C15H22N2O2/c1-11(2)17(7-8-18)15(19)13-9-12-5-3-4-6-14(12)16-10-13/h3-6,11,13,16,18H,7-10H2,1-2H3. The molecule has 1 aliphatic heterocycles. The van der Waals surface area contributed by atoms with Gasteiger partial charge in [-0.15, -0.1) is 0 Å². The van der Waals surface area contributed by atoms with Crippen molar-refractivity contribution in [3.05, 3.63) is 29.8 Å². The summed E-state index contributed by atoms with van der Waals surface area (Å²) in [4.78, 5) is 14.3. The van der Waals surface area contributed by atoms with Crippen LogP contribution in [-0.2, 0) is 11.2 Å². The molecule has 0 fully saturated rings. The van der Waals surface area contributed by atoms with E-state index < -0.39 is 0 Å². The van der Waals surface area contributed by atoms with E-state index >= 15 is 0 Å². The van der Waals surface area contributed by atoms with Gasteiger partial charge in [0.1, 0.15) is 0 Å². The van der Waals surface area contributed by atoms with Crippen LogP contribution in [0.5, 0.6) is 0 Å². The lowest BCUT2D eigenvalue weighted by atomic mass is 9.92. The highest BCUT2D eigenvalue weighted by Gasteiger charge is 2.29. The molecule has 0 bridgehead atoms. The molecule has 0 radical (unpaired) electrons. The minimum Gasteiger partial charge on any atom is -0.395 e. The minimum absolute atomic E-state index is 0.0145. The minimum atomic E-state index is -0.0381. The van der Waals surface area contributed by atoms with Gasteiger partial charge >= 0.3 is 0 Å². The highest BCUT2D eigenvalue weighted by atomic mass is 16.3. The van der Waals surface area contributed by atoms with Crippen LogP contribution >= 0.6 is 0 Å². The van der Waals surface area contributed by atoms with E-state index in [0.29, 0.717) is 13.1 Å². The molecule has 1 aliphatic rings. The second-order valence-electron chi connectivity index (χ2n) is 5.29. The molecule has 1 unspecified atom stereocenters. The van der Waals surface area contributed by atoms with Gasteiger partial charge in [-0.25, -0.2) is 0 Å². The average Bonchev–Trinajstić information content (AvgIpc) is 2.43. The molecule has 1 aromatic rings. The summed E-state index contributed by atoms with van der Waals surface area (Å²) < 4.78 is 0. The predicted molar refractivity (Wildman–Crippen MR) is 76.1 cm³/mol. The Morgan fingerprint density at radius 1 is 1.47 bits per heavy atom. The largest absolute Gasteiger partial charge is 0.395 e. The maximum atomic E-state index is 12.5. The molecule has 4 nitrogen and oxygen atoms in total. The Labute approximate surface area is 114 Å². The van der Waals surface area contributed by atoms with Gasteiger partial charge in [0.25, 0.3) is 0 Å². The molecular formula is C15H22N2O2. The Bertz CT molecular complexity index is 446. The zero-order valence-corrected chi connectivity index (χ0v) is 11.6. The molecular weight excluding hydrogens is 240 g/mol. The fourth-order valence-corrected chi connectivity index (χ4v) is 2.58. The first-order valence-electron chi connectivity index (χ1n) is 6.86. The van der Waals surface area contributed by atoms with Crippen molar-refractivity contribution in [2.24, 2.45) is 5.92 Å². The molecule has 4 heteroatoms. The third-order valence-corrected chi connectivity index (χ3v) is 3.62. The lowest BCUT2D eigenvalue weighted by Crippen LogP contribution is -2.45.